The summed E-state index contributed by atoms with van der Waals surface area (Å²) in [5.41, 5.74) is 7.43. The maximum Gasteiger partial charge on any atom is 0.197 e. The largest absolute Gasteiger partial charge is 0.490 e. The average Bonchev–Trinajstić information content (AvgIpc) is 2.84. The number of nitrogen functional groups attached to an aromatic ring is 1. The number of methoxy groups -OCH3 is 1. The smallest absolute Gasteiger partial charge is 0.197 e. The lowest BCUT2D eigenvalue weighted by atomic mass is 10.5. The molecule has 0 fully saturated rings. The summed E-state index contributed by atoms with van der Waals surface area (Å²) in [5.74, 6) is 1.04. The summed E-state index contributed by atoms with van der Waals surface area (Å²) in [5, 5.41) is 4.06. The van der Waals surface area contributed by atoms with Crippen molar-refractivity contribution in [3.63, 3.8) is 0 Å². The molecule has 3 N–H and O–H groups in total. The number of nitrogens with one attached hydrogen (secondary N) is 1. The third kappa shape index (κ3) is 2.18. The summed E-state index contributed by atoms with van der Waals surface area (Å²) in [4.78, 5) is 5.15. The molecule has 5 nitrogen and oxygen atoms in total. The van der Waals surface area contributed by atoms with Crippen LogP contribution in [0.15, 0.2) is 11.7 Å². The van der Waals surface area contributed by atoms with Crippen molar-refractivity contribution in [2.45, 2.75) is 6.54 Å². The van der Waals surface area contributed by atoms with Gasteiger partial charge in [0.05, 0.1) is 19.2 Å². The van der Waals surface area contributed by atoms with Crippen LogP contribution in [0.2, 0.25) is 0 Å². The Morgan fingerprint density at radius 1 is 1.60 bits per heavy atom. The number of hydrogen-bond acceptors (Lipinski definition) is 7. The molecule has 0 radical (unpaired) electrons. The Bertz CT molecular complexity index is 426. The summed E-state index contributed by atoms with van der Waals surface area (Å²) in [7, 11) is 1.58. The lowest BCUT2D eigenvalue weighted by molar-refractivity contribution is 0.419. The second kappa shape index (κ2) is 4.45. The molecule has 0 unspecified atom stereocenters. The molecule has 0 bridgehead atoms. The molecule has 0 atom stereocenters. The molecule has 0 saturated carbocycles. The van der Waals surface area contributed by atoms with Crippen LogP contribution in [0.4, 0.5) is 10.8 Å². The highest BCUT2D eigenvalue weighted by Gasteiger charge is 2.11. The van der Waals surface area contributed by atoms with E-state index in [0.29, 0.717) is 18.1 Å². The number of nitrogens with zero attached hydrogens (tertiary/aromatic N) is 2. The average molecular weight is 242 g/mol. The van der Waals surface area contributed by atoms with Crippen LogP contribution < -0.4 is 15.8 Å². The van der Waals surface area contributed by atoms with E-state index in [9.17, 15) is 0 Å². The molecular weight excluding hydrogens is 232 g/mol. The Labute approximate surface area is 95.1 Å². The Morgan fingerprint density at radius 2 is 2.47 bits per heavy atom. The second-order valence-electron chi connectivity index (χ2n) is 2.75. The van der Waals surface area contributed by atoms with E-state index in [1.807, 2.05) is 6.20 Å². The van der Waals surface area contributed by atoms with Gasteiger partial charge in [0.25, 0.3) is 0 Å². The summed E-state index contributed by atoms with van der Waals surface area (Å²) >= 11 is 2.90. The zero-order valence-corrected chi connectivity index (χ0v) is 9.69. The topological polar surface area (TPSA) is 73.1 Å². The molecule has 80 valence electrons. The molecule has 7 heteroatoms. The van der Waals surface area contributed by atoms with Crippen molar-refractivity contribution in [2.75, 3.05) is 18.2 Å². The first kappa shape index (κ1) is 10.2. The van der Waals surface area contributed by atoms with Crippen molar-refractivity contribution in [1.82, 2.24) is 9.36 Å². The van der Waals surface area contributed by atoms with E-state index >= 15 is 0 Å². The van der Waals surface area contributed by atoms with Crippen LogP contribution in [-0.2, 0) is 6.54 Å². The zero-order chi connectivity index (χ0) is 10.7. The fourth-order valence-electron chi connectivity index (χ4n) is 1.10. The van der Waals surface area contributed by atoms with E-state index in [2.05, 4.69) is 14.7 Å². The molecule has 0 aliphatic carbocycles. The number of anilines is 2. The Hall–Kier alpha value is -1.34. The fourth-order valence-corrected chi connectivity index (χ4v) is 2.32. The van der Waals surface area contributed by atoms with Gasteiger partial charge >= 0.3 is 0 Å². The first-order valence-electron chi connectivity index (χ1n) is 4.21. The van der Waals surface area contributed by atoms with Crippen molar-refractivity contribution in [3.8, 4) is 5.75 Å². The number of nitrogens with two attached hydrogens (primary N) is 1. The minimum atomic E-state index is 0.425. The maximum atomic E-state index is 5.63. The fraction of sp³-hybridized carbons (Fsp3) is 0.250. The monoisotopic (exact) mass is 242 g/mol. The van der Waals surface area contributed by atoms with Crippen molar-refractivity contribution < 1.29 is 4.74 Å². The second-order valence-corrected chi connectivity index (χ2v) is 4.50. The summed E-state index contributed by atoms with van der Waals surface area (Å²) in [6, 6.07) is 0. The molecule has 2 rings (SSSR count). The van der Waals surface area contributed by atoms with Crippen LogP contribution in [0.1, 0.15) is 4.88 Å². The molecule has 0 aromatic carbocycles. The van der Waals surface area contributed by atoms with Gasteiger partial charge in [-0.2, -0.15) is 4.37 Å². The van der Waals surface area contributed by atoms with Gasteiger partial charge in [0.1, 0.15) is 0 Å². The van der Waals surface area contributed by atoms with Crippen LogP contribution in [0.3, 0.4) is 0 Å². The number of ether oxygens (including phenoxy) is 1. The minimum Gasteiger partial charge on any atom is -0.490 e. The van der Waals surface area contributed by atoms with Crippen molar-refractivity contribution in [3.05, 3.63) is 16.6 Å². The Balaban J connectivity index is 2.05. The van der Waals surface area contributed by atoms with Crippen LogP contribution in [0.25, 0.3) is 0 Å². The van der Waals surface area contributed by atoms with Crippen LogP contribution >= 0.6 is 22.9 Å². The Kier molecular flexibility index (Phi) is 3.02. The summed E-state index contributed by atoms with van der Waals surface area (Å²) < 4.78 is 9.14. The van der Waals surface area contributed by atoms with Gasteiger partial charge in [-0.15, -0.1) is 11.3 Å². The lowest BCUT2D eigenvalue weighted by Gasteiger charge is -2.03. The van der Waals surface area contributed by atoms with Crippen LogP contribution in [-0.4, -0.2) is 16.5 Å². The number of thiazole rings is 1. The molecule has 15 heavy (non-hydrogen) atoms. The maximum absolute atomic E-state index is 5.63. The van der Waals surface area contributed by atoms with E-state index < -0.39 is 0 Å². The standard InChI is InChI=1S/C8H10N4OS2/c1-13-6-7(9)12-15-8(6)11-3-5-2-10-4-14-5/h2,4,11H,3H2,1H3,(H2,9,12). The SMILES string of the molecule is COc1c(N)nsc1NCc1cncs1. The molecule has 2 heterocycles. The van der Waals surface area contributed by atoms with E-state index in [1.54, 1.807) is 24.0 Å². The number of rotatable bonds is 4. The molecular formula is C8H10N4OS2. The third-order valence-corrected chi connectivity index (χ3v) is 3.36. The third-order valence-electron chi connectivity index (χ3n) is 1.78. The van der Waals surface area contributed by atoms with Gasteiger partial charge in [-0.1, -0.05) is 0 Å². The molecule has 0 amide bonds. The van der Waals surface area contributed by atoms with Gasteiger partial charge in [-0.25, -0.2) is 0 Å². The zero-order valence-electron chi connectivity index (χ0n) is 8.06. The van der Waals surface area contributed by atoms with Gasteiger partial charge in [-0.05, 0) is 11.5 Å². The Morgan fingerprint density at radius 3 is 3.13 bits per heavy atom. The normalized spacial score (nSPS) is 10.2. The molecule has 2 aromatic heterocycles. The van der Waals surface area contributed by atoms with Gasteiger partial charge in [0.2, 0.25) is 0 Å². The van der Waals surface area contributed by atoms with Gasteiger partial charge < -0.3 is 15.8 Å². The number of hydrogen-bond donors (Lipinski definition) is 2. The molecule has 0 saturated heterocycles. The van der Waals surface area contributed by atoms with E-state index in [-0.39, 0.29) is 0 Å². The van der Waals surface area contributed by atoms with Gasteiger partial charge in [0, 0.05) is 11.1 Å². The van der Waals surface area contributed by atoms with Crippen LogP contribution in [0.5, 0.6) is 5.75 Å². The summed E-state index contributed by atoms with van der Waals surface area (Å²) in [6.45, 7) is 0.711. The summed E-state index contributed by atoms with van der Waals surface area (Å²) in [6.07, 6.45) is 1.83. The van der Waals surface area contributed by atoms with Crippen molar-refractivity contribution in [1.29, 1.82) is 0 Å². The minimum absolute atomic E-state index is 0.425. The molecule has 0 aliphatic rings. The number of aromatic nitrogens is 2. The molecule has 0 aliphatic heterocycles. The predicted molar refractivity (Wildman–Crippen MR) is 62.5 cm³/mol. The predicted octanol–water partition coefficient (Wildman–Crippen LogP) is 1.80. The lowest BCUT2D eigenvalue weighted by Crippen LogP contribution is -1.98. The van der Waals surface area contributed by atoms with Gasteiger partial charge in [-0.3, -0.25) is 4.98 Å². The molecule has 2 aromatic rings. The van der Waals surface area contributed by atoms with Crippen LogP contribution in [0, 0.1) is 0 Å². The molecule has 0 spiro atoms. The highest BCUT2D eigenvalue weighted by molar-refractivity contribution is 7.11. The van der Waals surface area contributed by atoms with Crippen molar-refractivity contribution >= 4 is 33.7 Å². The van der Waals surface area contributed by atoms with E-state index in [1.165, 1.54) is 11.5 Å². The first-order chi connectivity index (χ1) is 7.31. The quantitative estimate of drug-likeness (QED) is 0.855. The first-order valence-corrected chi connectivity index (χ1v) is 5.87. The van der Waals surface area contributed by atoms with E-state index in [0.717, 1.165) is 9.88 Å². The highest BCUT2D eigenvalue weighted by Crippen LogP contribution is 2.34. The van der Waals surface area contributed by atoms with Crippen molar-refractivity contribution in [2.24, 2.45) is 0 Å². The van der Waals surface area contributed by atoms with Gasteiger partial charge in [0.15, 0.2) is 16.6 Å². The highest BCUT2D eigenvalue weighted by atomic mass is 32.1. The van der Waals surface area contributed by atoms with E-state index in [4.69, 9.17) is 10.5 Å².